The minimum absolute atomic E-state index is 0.00994. The number of methoxy groups -OCH3 is 2. The fraction of sp³-hybridized carbons (Fsp3) is 0.345. The maximum Gasteiger partial charge on any atom is 0.303 e. The van der Waals surface area contributed by atoms with Gasteiger partial charge in [-0.3, -0.25) is 4.79 Å². The number of aliphatic hydroxyl groups excluding tert-OH is 1. The molecule has 1 aliphatic rings. The molecule has 0 saturated carbocycles. The molecule has 1 aliphatic heterocycles. The fourth-order valence-electron chi connectivity index (χ4n) is 4.86. The van der Waals surface area contributed by atoms with Crippen LogP contribution in [0.15, 0.2) is 91.0 Å². The average Bonchev–Trinajstić information content (AvgIpc) is 2.91. The predicted octanol–water partition coefficient (Wildman–Crippen LogP) is 3.67. The summed E-state index contributed by atoms with van der Waals surface area (Å²) in [6, 6.07) is 29.7. The molecule has 7 nitrogen and oxygen atoms in total. The summed E-state index contributed by atoms with van der Waals surface area (Å²) in [4.78, 5) is 12.0. The lowest BCUT2D eigenvalue weighted by Gasteiger charge is -2.44. The van der Waals surface area contributed by atoms with Crippen LogP contribution in [0.3, 0.4) is 0 Å². The van der Waals surface area contributed by atoms with Gasteiger partial charge < -0.3 is 28.8 Å². The van der Waals surface area contributed by atoms with Gasteiger partial charge in [0, 0.05) is 21.1 Å². The summed E-state index contributed by atoms with van der Waals surface area (Å²) >= 11 is 0. The van der Waals surface area contributed by atoms with E-state index in [4.69, 9.17) is 23.7 Å². The Kier molecular flexibility index (Phi) is 8.51. The monoisotopic (exact) mass is 492 g/mol. The van der Waals surface area contributed by atoms with Gasteiger partial charge >= 0.3 is 5.97 Å². The molecule has 4 rings (SSSR count). The van der Waals surface area contributed by atoms with Crippen molar-refractivity contribution >= 4 is 5.97 Å². The highest BCUT2D eigenvalue weighted by atomic mass is 16.7. The normalized spacial score (nSPS) is 24.3. The molecule has 1 N–H and O–H groups in total. The van der Waals surface area contributed by atoms with Crippen molar-refractivity contribution in [1.29, 1.82) is 0 Å². The zero-order valence-electron chi connectivity index (χ0n) is 20.7. The van der Waals surface area contributed by atoms with Crippen molar-refractivity contribution in [1.82, 2.24) is 0 Å². The van der Waals surface area contributed by atoms with Crippen molar-refractivity contribution in [2.45, 2.75) is 43.2 Å². The van der Waals surface area contributed by atoms with Gasteiger partial charge in [-0.2, -0.15) is 0 Å². The Bertz CT molecular complexity index is 994. The first-order valence-corrected chi connectivity index (χ1v) is 11.9. The number of esters is 1. The molecule has 36 heavy (non-hydrogen) atoms. The Balaban J connectivity index is 1.78. The van der Waals surface area contributed by atoms with Crippen molar-refractivity contribution in [2.75, 3.05) is 20.8 Å². The molecule has 7 heteroatoms. The van der Waals surface area contributed by atoms with Crippen LogP contribution in [0.4, 0.5) is 0 Å². The summed E-state index contributed by atoms with van der Waals surface area (Å²) in [6.07, 6.45) is -4.56. The maximum atomic E-state index is 12.0. The van der Waals surface area contributed by atoms with E-state index in [2.05, 4.69) is 0 Å². The molecule has 0 unspecified atom stereocenters. The number of aliphatic hydroxyl groups is 1. The number of carbonyl (C=O) groups is 1. The van der Waals surface area contributed by atoms with E-state index in [1.54, 1.807) is 0 Å². The fourth-order valence-corrected chi connectivity index (χ4v) is 4.86. The Morgan fingerprint density at radius 3 is 1.61 bits per heavy atom. The molecule has 5 atom stereocenters. The van der Waals surface area contributed by atoms with Gasteiger partial charge in [-0.1, -0.05) is 91.0 Å². The third-order valence-electron chi connectivity index (χ3n) is 6.46. The Labute approximate surface area is 211 Å². The molecule has 0 amide bonds. The van der Waals surface area contributed by atoms with Gasteiger partial charge in [0.15, 0.2) is 12.4 Å². The number of carbonyl (C=O) groups excluding carboxylic acids is 1. The number of ether oxygens (including phenoxy) is 5. The topological polar surface area (TPSA) is 83.5 Å². The number of rotatable bonds is 9. The largest absolute Gasteiger partial charge is 0.457 e. The summed E-state index contributed by atoms with van der Waals surface area (Å²) in [5, 5.41) is 10.7. The van der Waals surface area contributed by atoms with E-state index in [1.807, 2.05) is 91.0 Å². The van der Waals surface area contributed by atoms with E-state index >= 15 is 0 Å². The summed E-state index contributed by atoms with van der Waals surface area (Å²) < 4.78 is 29.3. The molecule has 3 aromatic rings. The van der Waals surface area contributed by atoms with Crippen LogP contribution in [-0.4, -0.2) is 62.6 Å². The first-order valence-electron chi connectivity index (χ1n) is 11.9. The SMILES string of the molecule is CO[C@@H]1[C@@H](OC(C)=O)[C@H](COC(c2ccccc2)(c2ccccc2)c2ccccc2)O[C@H](O)[C@@H]1OC. The van der Waals surface area contributed by atoms with Crippen molar-refractivity contribution in [3.05, 3.63) is 108 Å². The second-order valence-corrected chi connectivity index (χ2v) is 8.63. The first-order chi connectivity index (χ1) is 17.5. The van der Waals surface area contributed by atoms with Crippen LogP contribution in [0.5, 0.6) is 0 Å². The molecule has 1 fully saturated rings. The summed E-state index contributed by atoms with van der Waals surface area (Å²) in [6.45, 7) is 1.31. The lowest BCUT2D eigenvalue weighted by molar-refractivity contribution is -0.302. The molecule has 1 saturated heterocycles. The minimum atomic E-state index is -1.29. The molecule has 0 aliphatic carbocycles. The van der Waals surface area contributed by atoms with E-state index in [9.17, 15) is 9.90 Å². The second kappa shape index (κ2) is 11.8. The van der Waals surface area contributed by atoms with Crippen molar-refractivity contribution in [3.63, 3.8) is 0 Å². The Morgan fingerprint density at radius 1 is 0.778 bits per heavy atom. The maximum absolute atomic E-state index is 12.0. The van der Waals surface area contributed by atoms with Crippen molar-refractivity contribution in [2.24, 2.45) is 0 Å². The van der Waals surface area contributed by atoms with Gasteiger partial charge in [0.1, 0.15) is 23.9 Å². The van der Waals surface area contributed by atoms with Crippen LogP contribution >= 0.6 is 0 Å². The standard InChI is InChI=1S/C29H32O7/c1-20(30)35-25-24(36-28(31)27(33-3)26(25)32-2)19-34-29(21-13-7-4-8-14-21,22-15-9-5-10-16-22)23-17-11-6-12-18-23/h4-18,24-28,31H,19H2,1-3H3/t24-,25-,26+,27+,28-/m0/s1. The van der Waals surface area contributed by atoms with E-state index < -0.39 is 42.3 Å². The molecule has 0 aromatic heterocycles. The minimum Gasteiger partial charge on any atom is -0.457 e. The smallest absolute Gasteiger partial charge is 0.303 e. The number of hydrogen-bond donors (Lipinski definition) is 1. The second-order valence-electron chi connectivity index (χ2n) is 8.63. The van der Waals surface area contributed by atoms with Gasteiger partial charge in [0.05, 0.1) is 6.61 Å². The molecule has 190 valence electrons. The van der Waals surface area contributed by atoms with Gasteiger partial charge in [-0.05, 0) is 16.7 Å². The van der Waals surface area contributed by atoms with Crippen LogP contribution in [0, 0.1) is 0 Å². The highest BCUT2D eigenvalue weighted by molar-refractivity contribution is 5.66. The van der Waals surface area contributed by atoms with Gasteiger partial charge in [0.25, 0.3) is 0 Å². The molecule has 0 spiro atoms. The van der Waals surface area contributed by atoms with Gasteiger partial charge in [-0.15, -0.1) is 0 Å². The highest BCUT2D eigenvalue weighted by Gasteiger charge is 2.49. The summed E-state index contributed by atoms with van der Waals surface area (Å²) in [5.74, 6) is -0.498. The van der Waals surface area contributed by atoms with Crippen LogP contribution < -0.4 is 0 Å². The quantitative estimate of drug-likeness (QED) is 0.360. The van der Waals surface area contributed by atoms with Gasteiger partial charge in [0.2, 0.25) is 0 Å². The summed E-state index contributed by atoms with van der Waals surface area (Å²) in [5.41, 5.74) is 1.75. The average molecular weight is 493 g/mol. The third kappa shape index (κ3) is 5.21. The Morgan fingerprint density at radius 2 is 1.22 bits per heavy atom. The first kappa shape index (κ1) is 26.0. The van der Waals surface area contributed by atoms with Crippen molar-refractivity contribution < 1.29 is 33.6 Å². The number of hydrogen-bond acceptors (Lipinski definition) is 7. The molecular formula is C29H32O7. The molecule has 1 heterocycles. The van der Waals surface area contributed by atoms with Crippen LogP contribution in [0.1, 0.15) is 23.6 Å². The lowest BCUT2D eigenvalue weighted by Crippen LogP contribution is -2.61. The molecule has 0 radical (unpaired) electrons. The Hall–Kier alpha value is -3.07. The molecular weight excluding hydrogens is 460 g/mol. The van der Waals surface area contributed by atoms with Crippen molar-refractivity contribution in [3.8, 4) is 0 Å². The van der Waals surface area contributed by atoms with E-state index in [1.165, 1.54) is 21.1 Å². The lowest BCUT2D eigenvalue weighted by atomic mass is 9.80. The van der Waals surface area contributed by atoms with E-state index in [-0.39, 0.29) is 6.61 Å². The highest BCUT2D eigenvalue weighted by Crippen LogP contribution is 2.41. The third-order valence-corrected chi connectivity index (χ3v) is 6.46. The molecule has 0 bridgehead atoms. The molecule has 3 aromatic carbocycles. The van der Waals surface area contributed by atoms with Gasteiger partial charge in [-0.25, -0.2) is 0 Å². The van der Waals surface area contributed by atoms with Crippen LogP contribution in [0.2, 0.25) is 0 Å². The van der Waals surface area contributed by atoms with E-state index in [0.29, 0.717) is 0 Å². The zero-order chi connectivity index (χ0) is 25.5. The zero-order valence-corrected chi connectivity index (χ0v) is 20.7. The summed E-state index contributed by atoms with van der Waals surface area (Å²) in [7, 11) is 2.92. The van der Waals surface area contributed by atoms with Crippen LogP contribution in [0.25, 0.3) is 0 Å². The predicted molar refractivity (Wildman–Crippen MR) is 133 cm³/mol. The number of benzene rings is 3. The van der Waals surface area contributed by atoms with Crippen LogP contribution in [-0.2, 0) is 34.1 Å². The van der Waals surface area contributed by atoms with E-state index in [0.717, 1.165) is 16.7 Å².